The Morgan fingerprint density at radius 3 is 2.57 bits per heavy atom. The summed E-state index contributed by atoms with van der Waals surface area (Å²) in [5.41, 5.74) is 1.58. The highest BCUT2D eigenvalue weighted by Gasteiger charge is 2.24. The van der Waals surface area contributed by atoms with Crippen LogP contribution in [0.15, 0.2) is 9.85 Å². The van der Waals surface area contributed by atoms with E-state index in [9.17, 15) is 0 Å². The van der Waals surface area contributed by atoms with Crippen LogP contribution in [0.1, 0.15) is 45.6 Å². The number of unbranched alkanes of at least 4 members (excludes halogenated alkanes) is 1. The van der Waals surface area contributed by atoms with Crippen molar-refractivity contribution in [2.45, 2.75) is 45.4 Å². The van der Waals surface area contributed by atoms with Crippen LogP contribution in [0.5, 0.6) is 0 Å². The van der Waals surface area contributed by atoms with E-state index in [1.807, 2.05) is 0 Å². The highest BCUT2D eigenvalue weighted by molar-refractivity contribution is 9.11. The maximum absolute atomic E-state index is 5.99. The molecule has 0 bridgehead atoms. The molecule has 1 rings (SSSR count). The second-order valence-corrected chi connectivity index (χ2v) is 7.23. The van der Waals surface area contributed by atoms with E-state index >= 15 is 0 Å². The smallest absolute Gasteiger partial charge is 0.0943 e. The van der Waals surface area contributed by atoms with Gasteiger partial charge in [0.2, 0.25) is 0 Å². The average molecular weight is 296 g/mol. The first-order valence-electron chi connectivity index (χ1n) is 4.92. The minimum absolute atomic E-state index is 0.235. The standard InChI is InChI=1S/C11H16BrClS/c1-4-5-6-11(2,3)8-7-9(13)14-10(8)12/h7H,4-6H2,1-3H3. The van der Waals surface area contributed by atoms with Crippen molar-refractivity contribution in [1.29, 1.82) is 0 Å². The molecule has 0 radical (unpaired) electrons. The third-order valence-corrected chi connectivity index (χ3v) is 4.51. The molecule has 80 valence electrons. The predicted molar refractivity (Wildman–Crippen MR) is 69.6 cm³/mol. The Balaban J connectivity index is 2.85. The Hall–Kier alpha value is 0.470. The van der Waals surface area contributed by atoms with Crippen molar-refractivity contribution in [2.75, 3.05) is 0 Å². The van der Waals surface area contributed by atoms with Crippen molar-refractivity contribution in [3.05, 3.63) is 19.8 Å². The molecular formula is C11H16BrClS. The van der Waals surface area contributed by atoms with Gasteiger partial charge in [0, 0.05) is 0 Å². The van der Waals surface area contributed by atoms with Gasteiger partial charge in [-0.1, -0.05) is 45.2 Å². The van der Waals surface area contributed by atoms with E-state index in [0.29, 0.717) is 0 Å². The molecule has 0 unspecified atom stereocenters. The zero-order valence-electron chi connectivity index (χ0n) is 8.86. The lowest BCUT2D eigenvalue weighted by molar-refractivity contribution is 0.458. The molecule has 0 fully saturated rings. The van der Waals surface area contributed by atoms with Crippen LogP contribution < -0.4 is 0 Å². The van der Waals surface area contributed by atoms with Crippen LogP contribution in [-0.4, -0.2) is 0 Å². The summed E-state index contributed by atoms with van der Waals surface area (Å²) in [6.07, 6.45) is 3.74. The van der Waals surface area contributed by atoms with E-state index in [2.05, 4.69) is 42.8 Å². The molecule has 14 heavy (non-hydrogen) atoms. The van der Waals surface area contributed by atoms with Gasteiger partial charge in [-0.15, -0.1) is 11.3 Å². The summed E-state index contributed by atoms with van der Waals surface area (Å²) in [7, 11) is 0. The van der Waals surface area contributed by atoms with Crippen LogP contribution in [0.4, 0.5) is 0 Å². The Morgan fingerprint density at radius 2 is 2.14 bits per heavy atom. The maximum Gasteiger partial charge on any atom is 0.0943 e. The van der Waals surface area contributed by atoms with E-state index in [4.69, 9.17) is 11.6 Å². The first-order valence-corrected chi connectivity index (χ1v) is 6.91. The van der Waals surface area contributed by atoms with Gasteiger partial charge >= 0.3 is 0 Å². The Bertz CT molecular complexity index is 304. The summed E-state index contributed by atoms with van der Waals surface area (Å²) < 4.78 is 2.06. The summed E-state index contributed by atoms with van der Waals surface area (Å²) in [5.74, 6) is 0. The van der Waals surface area contributed by atoms with Crippen LogP contribution in [0.25, 0.3) is 0 Å². The lowest BCUT2D eigenvalue weighted by atomic mass is 9.82. The van der Waals surface area contributed by atoms with Gasteiger partial charge in [-0.3, -0.25) is 0 Å². The SMILES string of the molecule is CCCCC(C)(C)c1cc(Cl)sc1Br. The Labute approximate surface area is 104 Å². The fourth-order valence-corrected chi connectivity index (χ4v) is 4.14. The van der Waals surface area contributed by atoms with Crippen LogP contribution in [0.2, 0.25) is 4.34 Å². The van der Waals surface area contributed by atoms with Crippen LogP contribution in [0.3, 0.4) is 0 Å². The van der Waals surface area contributed by atoms with E-state index in [-0.39, 0.29) is 5.41 Å². The molecule has 0 saturated carbocycles. The largest absolute Gasteiger partial charge is 0.116 e. The quantitative estimate of drug-likeness (QED) is 0.675. The molecule has 0 saturated heterocycles. The highest BCUT2D eigenvalue weighted by atomic mass is 79.9. The third-order valence-electron chi connectivity index (χ3n) is 2.54. The molecule has 1 aromatic rings. The zero-order chi connectivity index (χ0) is 10.8. The van der Waals surface area contributed by atoms with Gasteiger partial charge in [0.1, 0.15) is 0 Å². The molecule has 0 nitrogen and oxygen atoms in total. The lowest BCUT2D eigenvalue weighted by Crippen LogP contribution is -2.16. The molecule has 0 atom stereocenters. The van der Waals surface area contributed by atoms with E-state index < -0.39 is 0 Å². The van der Waals surface area contributed by atoms with Gasteiger partial charge in [-0.25, -0.2) is 0 Å². The molecule has 1 aromatic heterocycles. The molecule has 0 aliphatic heterocycles. The second kappa shape index (κ2) is 5.00. The Kier molecular flexibility index (Phi) is 4.48. The molecule has 0 aliphatic rings. The Morgan fingerprint density at radius 1 is 1.50 bits per heavy atom. The average Bonchev–Trinajstić information content (AvgIpc) is 2.42. The van der Waals surface area contributed by atoms with Crippen molar-refractivity contribution in [3.8, 4) is 0 Å². The first-order chi connectivity index (χ1) is 6.47. The number of halogens is 2. The van der Waals surface area contributed by atoms with Crippen molar-refractivity contribution in [1.82, 2.24) is 0 Å². The third kappa shape index (κ3) is 2.98. The molecule has 0 amide bonds. The van der Waals surface area contributed by atoms with Crippen LogP contribution in [0, 0.1) is 0 Å². The number of rotatable bonds is 4. The summed E-state index contributed by atoms with van der Waals surface area (Å²) in [6, 6.07) is 2.09. The molecule has 3 heteroatoms. The molecule has 1 heterocycles. The maximum atomic E-state index is 5.99. The number of hydrogen-bond donors (Lipinski definition) is 0. The number of thiophene rings is 1. The second-order valence-electron chi connectivity index (χ2n) is 4.23. The molecule has 0 aromatic carbocycles. The van der Waals surface area contributed by atoms with Crippen LogP contribution in [-0.2, 0) is 5.41 Å². The van der Waals surface area contributed by atoms with E-state index in [0.717, 1.165) is 4.34 Å². The van der Waals surface area contributed by atoms with E-state index in [1.54, 1.807) is 11.3 Å². The minimum atomic E-state index is 0.235. The van der Waals surface area contributed by atoms with Gasteiger partial charge in [0.25, 0.3) is 0 Å². The molecule has 0 N–H and O–H groups in total. The van der Waals surface area contributed by atoms with Crippen molar-refractivity contribution < 1.29 is 0 Å². The summed E-state index contributed by atoms with van der Waals surface area (Å²) in [4.78, 5) is 0. The van der Waals surface area contributed by atoms with Gasteiger partial charge < -0.3 is 0 Å². The summed E-state index contributed by atoms with van der Waals surface area (Å²) in [5, 5.41) is 0. The van der Waals surface area contributed by atoms with Gasteiger partial charge in [-0.2, -0.15) is 0 Å². The minimum Gasteiger partial charge on any atom is -0.116 e. The number of hydrogen-bond acceptors (Lipinski definition) is 1. The van der Waals surface area contributed by atoms with Crippen molar-refractivity contribution in [3.63, 3.8) is 0 Å². The lowest BCUT2D eigenvalue weighted by Gasteiger charge is -2.24. The van der Waals surface area contributed by atoms with Crippen LogP contribution >= 0.6 is 38.9 Å². The van der Waals surface area contributed by atoms with Gasteiger partial charge in [-0.05, 0) is 39.4 Å². The van der Waals surface area contributed by atoms with Gasteiger partial charge in [0.05, 0.1) is 8.12 Å². The summed E-state index contributed by atoms with van der Waals surface area (Å²) in [6.45, 7) is 6.79. The normalized spacial score (nSPS) is 12.1. The van der Waals surface area contributed by atoms with Crippen molar-refractivity contribution >= 4 is 38.9 Å². The highest BCUT2D eigenvalue weighted by Crippen LogP contribution is 2.41. The van der Waals surface area contributed by atoms with Crippen molar-refractivity contribution in [2.24, 2.45) is 0 Å². The fraction of sp³-hybridized carbons (Fsp3) is 0.636. The monoisotopic (exact) mass is 294 g/mol. The molecule has 0 aliphatic carbocycles. The summed E-state index contributed by atoms with van der Waals surface area (Å²) >= 11 is 11.2. The topological polar surface area (TPSA) is 0 Å². The molecule has 0 spiro atoms. The molecular weight excluding hydrogens is 280 g/mol. The first kappa shape index (κ1) is 12.5. The predicted octanol–water partition coefficient (Wildman–Crippen LogP) is 5.63. The van der Waals surface area contributed by atoms with E-state index in [1.165, 1.54) is 28.6 Å². The fourth-order valence-electron chi connectivity index (χ4n) is 1.56. The zero-order valence-corrected chi connectivity index (χ0v) is 12.0. The van der Waals surface area contributed by atoms with Gasteiger partial charge in [0.15, 0.2) is 0 Å².